The molecule has 1 aromatic carbocycles. The van der Waals surface area contributed by atoms with Crippen LogP contribution in [0.5, 0.6) is 0 Å². The predicted octanol–water partition coefficient (Wildman–Crippen LogP) is 0.482. The van der Waals surface area contributed by atoms with Crippen molar-refractivity contribution in [3.8, 4) is 0 Å². The lowest BCUT2D eigenvalue weighted by molar-refractivity contribution is -0.120. The smallest absolute Gasteiger partial charge is 0.242 e. The maximum absolute atomic E-state index is 12.2. The predicted molar refractivity (Wildman–Crippen MR) is 71.0 cm³/mol. The molecule has 6 heteroatoms. The van der Waals surface area contributed by atoms with Crippen molar-refractivity contribution in [3.63, 3.8) is 0 Å². The molecule has 102 valence electrons. The third-order valence-corrected chi connectivity index (χ3v) is 5.45. The fraction of sp³-hybridized carbons (Fsp3) is 0.462. The average molecular weight is 280 g/mol. The first kappa shape index (κ1) is 12.6. The average Bonchev–Trinajstić information content (AvgIpc) is 3.22. The van der Waals surface area contributed by atoms with E-state index in [1.165, 1.54) is 0 Å². The molecule has 2 N–H and O–H groups in total. The number of sulfonamides is 1. The normalized spacial score (nSPS) is 22.6. The largest absolute Gasteiger partial charge is 0.312 e. The van der Waals surface area contributed by atoms with Gasteiger partial charge in [-0.2, -0.15) is 0 Å². The summed E-state index contributed by atoms with van der Waals surface area (Å²) in [5.74, 6) is -0.856. The van der Waals surface area contributed by atoms with E-state index >= 15 is 0 Å². The molecule has 1 unspecified atom stereocenters. The van der Waals surface area contributed by atoms with E-state index in [2.05, 4.69) is 10.0 Å². The zero-order chi connectivity index (χ0) is 13.5. The number of fused-ring (bicyclic) bond motifs is 1. The van der Waals surface area contributed by atoms with Crippen LogP contribution in [0.15, 0.2) is 24.3 Å². The van der Waals surface area contributed by atoms with Gasteiger partial charge in [0.1, 0.15) is 0 Å². The first-order valence-electron chi connectivity index (χ1n) is 6.42. The van der Waals surface area contributed by atoms with Crippen molar-refractivity contribution in [1.29, 1.82) is 0 Å². The Labute approximate surface area is 112 Å². The van der Waals surface area contributed by atoms with Gasteiger partial charge in [0.25, 0.3) is 0 Å². The van der Waals surface area contributed by atoms with Gasteiger partial charge in [-0.15, -0.1) is 0 Å². The van der Waals surface area contributed by atoms with Crippen LogP contribution in [-0.2, 0) is 21.4 Å². The van der Waals surface area contributed by atoms with Crippen molar-refractivity contribution in [3.05, 3.63) is 35.4 Å². The summed E-state index contributed by atoms with van der Waals surface area (Å²) in [6.07, 6.45) is 1.31. The second-order valence-electron chi connectivity index (χ2n) is 5.09. The minimum absolute atomic E-state index is 0.372. The Morgan fingerprint density at radius 2 is 2.00 bits per heavy atom. The molecule has 1 fully saturated rings. The first-order valence-corrected chi connectivity index (χ1v) is 7.96. The highest BCUT2D eigenvalue weighted by Crippen LogP contribution is 2.29. The van der Waals surface area contributed by atoms with E-state index in [1.54, 1.807) is 0 Å². The molecular formula is C13H16N2O3S. The molecule has 1 heterocycles. The molecule has 1 aliphatic carbocycles. The van der Waals surface area contributed by atoms with E-state index in [9.17, 15) is 13.2 Å². The summed E-state index contributed by atoms with van der Waals surface area (Å²) < 4.78 is 25.8. The Balaban J connectivity index is 1.81. The number of benzene rings is 1. The van der Waals surface area contributed by atoms with Crippen LogP contribution in [0.1, 0.15) is 29.9 Å². The van der Waals surface area contributed by atoms with Crippen molar-refractivity contribution in [2.45, 2.75) is 30.6 Å². The maximum atomic E-state index is 12.2. The second-order valence-corrected chi connectivity index (χ2v) is 7.05. The number of nitrogens with one attached hydrogen (secondary N) is 2. The van der Waals surface area contributed by atoms with Gasteiger partial charge < -0.3 is 5.32 Å². The minimum atomic E-state index is -3.47. The Morgan fingerprint density at radius 3 is 2.74 bits per heavy atom. The van der Waals surface area contributed by atoms with Crippen molar-refractivity contribution >= 4 is 15.9 Å². The van der Waals surface area contributed by atoms with Gasteiger partial charge >= 0.3 is 0 Å². The zero-order valence-corrected chi connectivity index (χ0v) is 11.2. The third-order valence-electron chi connectivity index (χ3n) is 3.62. The Bertz CT molecular complexity index is 608. The summed E-state index contributed by atoms with van der Waals surface area (Å²) >= 11 is 0. The van der Waals surface area contributed by atoms with Gasteiger partial charge in [-0.3, -0.25) is 9.52 Å². The standard InChI is InChI=1S/C13H16N2O3S/c16-13(15-19(17,18)10-5-6-10)12-8-14-7-9-3-1-2-4-11(9)12/h1-4,10,12,14H,5-8H2,(H,15,16). The lowest BCUT2D eigenvalue weighted by atomic mass is 9.90. The molecule has 1 aliphatic heterocycles. The molecule has 1 amide bonds. The van der Waals surface area contributed by atoms with Gasteiger partial charge in [-0.05, 0) is 24.0 Å². The van der Waals surface area contributed by atoms with Crippen LogP contribution in [0, 0.1) is 0 Å². The molecule has 0 radical (unpaired) electrons. The highest BCUT2D eigenvalue weighted by Gasteiger charge is 2.38. The molecule has 5 nitrogen and oxygen atoms in total. The monoisotopic (exact) mass is 280 g/mol. The number of carbonyl (C=O) groups is 1. The molecule has 1 saturated carbocycles. The molecule has 0 bridgehead atoms. The van der Waals surface area contributed by atoms with E-state index in [4.69, 9.17) is 0 Å². The third kappa shape index (κ3) is 2.50. The van der Waals surface area contributed by atoms with E-state index < -0.39 is 21.8 Å². The lowest BCUT2D eigenvalue weighted by Gasteiger charge is -2.25. The second kappa shape index (κ2) is 4.61. The van der Waals surface area contributed by atoms with Gasteiger partial charge in [0.2, 0.25) is 15.9 Å². The van der Waals surface area contributed by atoms with Gasteiger partial charge in [0, 0.05) is 13.1 Å². The molecule has 0 aromatic heterocycles. The van der Waals surface area contributed by atoms with Gasteiger partial charge in [-0.25, -0.2) is 8.42 Å². The van der Waals surface area contributed by atoms with Crippen LogP contribution < -0.4 is 10.0 Å². The van der Waals surface area contributed by atoms with Crippen LogP contribution in [0.2, 0.25) is 0 Å². The van der Waals surface area contributed by atoms with Crippen molar-refractivity contribution < 1.29 is 13.2 Å². The number of rotatable bonds is 3. The first-order chi connectivity index (χ1) is 9.08. The van der Waals surface area contributed by atoms with E-state index in [-0.39, 0.29) is 5.25 Å². The van der Waals surface area contributed by atoms with E-state index in [0.29, 0.717) is 19.4 Å². The molecule has 2 aliphatic rings. The Hall–Kier alpha value is -1.40. The molecule has 3 rings (SSSR count). The summed E-state index contributed by atoms with van der Waals surface area (Å²) in [4.78, 5) is 12.2. The van der Waals surface area contributed by atoms with Crippen molar-refractivity contribution in [2.75, 3.05) is 6.54 Å². The van der Waals surface area contributed by atoms with Crippen LogP contribution >= 0.6 is 0 Å². The van der Waals surface area contributed by atoms with E-state index in [1.807, 2.05) is 24.3 Å². The zero-order valence-electron chi connectivity index (χ0n) is 10.4. The van der Waals surface area contributed by atoms with Crippen LogP contribution in [0.25, 0.3) is 0 Å². The highest BCUT2D eigenvalue weighted by molar-refractivity contribution is 7.90. The maximum Gasteiger partial charge on any atom is 0.242 e. The quantitative estimate of drug-likeness (QED) is 0.844. The van der Waals surface area contributed by atoms with Gasteiger partial charge in [0.05, 0.1) is 11.2 Å². The van der Waals surface area contributed by atoms with E-state index in [0.717, 1.165) is 17.7 Å². The van der Waals surface area contributed by atoms with Crippen LogP contribution in [0.3, 0.4) is 0 Å². The van der Waals surface area contributed by atoms with Crippen LogP contribution in [0.4, 0.5) is 0 Å². The summed E-state index contributed by atoms with van der Waals surface area (Å²) in [5, 5.41) is 2.77. The van der Waals surface area contributed by atoms with Gasteiger partial charge in [-0.1, -0.05) is 24.3 Å². The summed E-state index contributed by atoms with van der Waals surface area (Å²) in [7, 11) is -3.47. The molecule has 0 spiro atoms. The number of hydrogen-bond donors (Lipinski definition) is 2. The van der Waals surface area contributed by atoms with Crippen LogP contribution in [-0.4, -0.2) is 26.1 Å². The number of hydrogen-bond acceptors (Lipinski definition) is 4. The van der Waals surface area contributed by atoms with Gasteiger partial charge in [0.15, 0.2) is 0 Å². The highest BCUT2D eigenvalue weighted by atomic mass is 32.2. The molecule has 1 aromatic rings. The Morgan fingerprint density at radius 1 is 1.26 bits per heavy atom. The minimum Gasteiger partial charge on any atom is -0.312 e. The summed E-state index contributed by atoms with van der Waals surface area (Å²) in [6.45, 7) is 1.19. The molecule has 1 atom stereocenters. The topological polar surface area (TPSA) is 75.3 Å². The SMILES string of the molecule is O=C(NS(=O)(=O)C1CC1)C1CNCc2ccccc21. The summed E-state index contributed by atoms with van der Waals surface area (Å²) in [5.41, 5.74) is 1.97. The number of amides is 1. The fourth-order valence-electron chi connectivity index (χ4n) is 2.40. The number of carbonyl (C=O) groups excluding carboxylic acids is 1. The molecule has 19 heavy (non-hydrogen) atoms. The Kier molecular flexibility index (Phi) is 3.06. The molecular weight excluding hydrogens is 264 g/mol. The lowest BCUT2D eigenvalue weighted by Crippen LogP contribution is -2.42. The van der Waals surface area contributed by atoms with Crippen molar-refractivity contribution in [1.82, 2.24) is 10.0 Å². The summed E-state index contributed by atoms with van der Waals surface area (Å²) in [6, 6.07) is 7.64. The molecule has 0 saturated heterocycles. The van der Waals surface area contributed by atoms with Crippen molar-refractivity contribution in [2.24, 2.45) is 0 Å². The fourth-order valence-corrected chi connectivity index (χ4v) is 3.75.